The lowest BCUT2D eigenvalue weighted by Crippen LogP contribution is -2.48. The molecular formula is C21H24N6O3. The van der Waals surface area contributed by atoms with Crippen molar-refractivity contribution in [3.63, 3.8) is 0 Å². The predicted molar refractivity (Wildman–Crippen MR) is 111 cm³/mol. The Labute approximate surface area is 173 Å². The first-order chi connectivity index (χ1) is 14.5. The second kappa shape index (κ2) is 8.48. The van der Waals surface area contributed by atoms with Crippen molar-refractivity contribution in [2.75, 3.05) is 0 Å². The molecule has 2 N–H and O–H groups in total. The molecule has 1 aliphatic rings. The molecule has 3 aromatic rings. The van der Waals surface area contributed by atoms with E-state index in [0.29, 0.717) is 17.0 Å². The Morgan fingerprint density at radius 3 is 2.70 bits per heavy atom. The molecule has 2 aromatic heterocycles. The smallest absolute Gasteiger partial charge is 0.321 e. The minimum atomic E-state index is -0.574. The Kier molecular flexibility index (Phi) is 5.60. The molecule has 0 bridgehead atoms. The summed E-state index contributed by atoms with van der Waals surface area (Å²) in [6, 6.07) is 8.88. The maximum atomic E-state index is 12.7. The minimum Gasteiger partial charge on any atom is -0.335 e. The van der Waals surface area contributed by atoms with Gasteiger partial charge in [0.1, 0.15) is 18.3 Å². The quantitative estimate of drug-likeness (QED) is 0.686. The Bertz CT molecular complexity index is 1120. The highest BCUT2D eigenvalue weighted by atomic mass is 16.2. The molecular weight excluding hydrogens is 384 g/mol. The number of para-hydroxylation sites is 1. The zero-order valence-corrected chi connectivity index (χ0v) is 16.7. The van der Waals surface area contributed by atoms with Crippen LogP contribution in [0.15, 0.2) is 47.7 Å². The molecule has 1 aromatic carbocycles. The molecule has 0 saturated heterocycles. The normalized spacial score (nSPS) is 18.8. The van der Waals surface area contributed by atoms with E-state index in [0.717, 1.165) is 24.9 Å². The van der Waals surface area contributed by atoms with Gasteiger partial charge in [-0.2, -0.15) is 5.10 Å². The van der Waals surface area contributed by atoms with Crippen molar-refractivity contribution in [2.24, 2.45) is 5.92 Å². The van der Waals surface area contributed by atoms with Gasteiger partial charge in [0.15, 0.2) is 5.65 Å². The topological polar surface area (TPSA) is 111 Å². The third-order valence-electron chi connectivity index (χ3n) is 5.55. The Hall–Kier alpha value is -3.49. The number of amides is 3. The van der Waals surface area contributed by atoms with Crippen LogP contribution in [0.3, 0.4) is 0 Å². The van der Waals surface area contributed by atoms with Crippen LogP contribution >= 0.6 is 0 Å². The molecule has 2 heterocycles. The predicted octanol–water partition coefficient (Wildman–Crippen LogP) is 1.99. The molecule has 9 nitrogen and oxygen atoms in total. The van der Waals surface area contributed by atoms with Gasteiger partial charge in [-0.1, -0.05) is 38.0 Å². The van der Waals surface area contributed by atoms with Crippen molar-refractivity contribution in [2.45, 2.75) is 45.2 Å². The van der Waals surface area contributed by atoms with E-state index < -0.39 is 17.5 Å². The molecule has 30 heavy (non-hydrogen) atoms. The fourth-order valence-electron chi connectivity index (χ4n) is 3.88. The van der Waals surface area contributed by atoms with Crippen LogP contribution in [0.5, 0.6) is 0 Å². The number of nitrogens with zero attached hydrogens (tertiary/aromatic N) is 4. The van der Waals surface area contributed by atoms with E-state index in [1.807, 2.05) is 30.3 Å². The van der Waals surface area contributed by atoms with Gasteiger partial charge in [0.05, 0.1) is 11.9 Å². The molecule has 0 aliphatic heterocycles. The Morgan fingerprint density at radius 2 is 1.93 bits per heavy atom. The largest absolute Gasteiger partial charge is 0.335 e. The molecule has 4 rings (SSSR count). The first-order valence-corrected chi connectivity index (χ1v) is 10.1. The number of carbonyl (C=O) groups is 2. The second-order valence-electron chi connectivity index (χ2n) is 7.70. The zero-order chi connectivity index (χ0) is 21.1. The highest BCUT2D eigenvalue weighted by molar-refractivity contribution is 5.94. The van der Waals surface area contributed by atoms with Gasteiger partial charge in [-0.25, -0.2) is 14.5 Å². The van der Waals surface area contributed by atoms with Crippen molar-refractivity contribution in [3.8, 4) is 5.69 Å². The van der Waals surface area contributed by atoms with Crippen molar-refractivity contribution in [3.05, 3.63) is 53.2 Å². The van der Waals surface area contributed by atoms with E-state index in [1.165, 1.54) is 23.5 Å². The summed E-state index contributed by atoms with van der Waals surface area (Å²) < 4.78 is 2.74. The summed E-state index contributed by atoms with van der Waals surface area (Å²) in [5, 5.41) is 9.71. The number of rotatable bonds is 4. The Balaban J connectivity index is 1.45. The third-order valence-corrected chi connectivity index (χ3v) is 5.55. The number of nitrogens with one attached hydrogen (secondary N) is 2. The van der Waals surface area contributed by atoms with Gasteiger partial charge in [0.2, 0.25) is 5.91 Å². The molecule has 3 amide bonds. The summed E-state index contributed by atoms with van der Waals surface area (Å²) >= 11 is 0. The van der Waals surface area contributed by atoms with Crippen molar-refractivity contribution >= 4 is 23.0 Å². The van der Waals surface area contributed by atoms with Crippen molar-refractivity contribution in [1.29, 1.82) is 0 Å². The summed E-state index contributed by atoms with van der Waals surface area (Å²) in [4.78, 5) is 41.5. The van der Waals surface area contributed by atoms with Gasteiger partial charge >= 0.3 is 6.03 Å². The van der Waals surface area contributed by atoms with Crippen LogP contribution in [0.1, 0.15) is 32.6 Å². The van der Waals surface area contributed by atoms with Crippen molar-refractivity contribution in [1.82, 2.24) is 30.0 Å². The summed E-state index contributed by atoms with van der Waals surface area (Å²) in [7, 11) is 0. The fourth-order valence-corrected chi connectivity index (χ4v) is 3.88. The monoisotopic (exact) mass is 408 g/mol. The lowest BCUT2D eigenvalue weighted by atomic mass is 9.86. The molecule has 0 unspecified atom stereocenters. The molecule has 1 aliphatic carbocycles. The molecule has 0 radical (unpaired) electrons. The minimum absolute atomic E-state index is 0.0658. The summed E-state index contributed by atoms with van der Waals surface area (Å²) in [6.45, 7) is 1.80. The van der Waals surface area contributed by atoms with Crippen LogP contribution in [0.2, 0.25) is 0 Å². The standard InChI is InChI=1S/C21H24N6O3/c1-14-7-5-6-10-17(14)24-21(30)25-18(28)12-26-13-22-19-16(20(26)29)11-23-27(19)15-8-3-2-4-9-15/h2-4,8-9,11,13-14,17H,5-7,10,12H2,1H3,(H2,24,25,28,30)/t14-,17+/m0/s1. The number of carbonyl (C=O) groups excluding carboxylic acids is 2. The number of fused-ring (bicyclic) bond motifs is 1. The van der Waals surface area contributed by atoms with Crippen LogP contribution in [0, 0.1) is 5.92 Å². The lowest BCUT2D eigenvalue weighted by molar-refractivity contribution is -0.120. The van der Waals surface area contributed by atoms with E-state index in [1.54, 1.807) is 4.68 Å². The van der Waals surface area contributed by atoms with E-state index in [9.17, 15) is 14.4 Å². The van der Waals surface area contributed by atoms with Gasteiger partial charge in [-0.15, -0.1) is 0 Å². The third kappa shape index (κ3) is 4.10. The first-order valence-electron chi connectivity index (χ1n) is 10.1. The van der Waals surface area contributed by atoms with E-state index in [-0.39, 0.29) is 12.6 Å². The maximum Gasteiger partial charge on any atom is 0.321 e. The van der Waals surface area contributed by atoms with Gasteiger partial charge < -0.3 is 5.32 Å². The summed E-state index contributed by atoms with van der Waals surface area (Å²) in [5.74, 6) is -0.190. The number of imide groups is 1. The maximum absolute atomic E-state index is 12.7. The van der Waals surface area contributed by atoms with Gasteiger partial charge in [-0.05, 0) is 30.9 Å². The summed E-state index contributed by atoms with van der Waals surface area (Å²) in [5.41, 5.74) is 0.800. The van der Waals surface area contributed by atoms with Gasteiger partial charge in [0, 0.05) is 6.04 Å². The zero-order valence-electron chi connectivity index (χ0n) is 16.7. The van der Waals surface area contributed by atoms with Crippen LogP contribution in [0.25, 0.3) is 16.7 Å². The van der Waals surface area contributed by atoms with Crippen LogP contribution in [-0.4, -0.2) is 37.3 Å². The average Bonchev–Trinajstić information content (AvgIpc) is 3.17. The van der Waals surface area contributed by atoms with E-state index in [4.69, 9.17) is 0 Å². The SMILES string of the molecule is C[C@H]1CCCC[C@H]1NC(=O)NC(=O)Cn1cnc2c(cnn2-c2ccccc2)c1=O. The van der Waals surface area contributed by atoms with Crippen molar-refractivity contribution < 1.29 is 9.59 Å². The number of aromatic nitrogens is 4. The summed E-state index contributed by atoms with van der Waals surface area (Å²) in [6.07, 6.45) is 6.95. The molecule has 1 saturated carbocycles. The molecule has 0 spiro atoms. The highest BCUT2D eigenvalue weighted by Crippen LogP contribution is 2.23. The van der Waals surface area contributed by atoms with Crippen LogP contribution in [-0.2, 0) is 11.3 Å². The molecule has 9 heteroatoms. The molecule has 2 atom stereocenters. The molecule has 1 fully saturated rings. The second-order valence-corrected chi connectivity index (χ2v) is 7.70. The molecule has 156 valence electrons. The Morgan fingerprint density at radius 1 is 1.17 bits per heavy atom. The number of benzene rings is 1. The van der Waals surface area contributed by atoms with Crippen LogP contribution < -0.4 is 16.2 Å². The first kappa shape index (κ1) is 19.8. The van der Waals surface area contributed by atoms with Gasteiger partial charge in [-0.3, -0.25) is 19.5 Å². The highest BCUT2D eigenvalue weighted by Gasteiger charge is 2.23. The van der Waals surface area contributed by atoms with Crippen LogP contribution in [0.4, 0.5) is 4.79 Å². The number of hydrogen-bond donors (Lipinski definition) is 2. The number of hydrogen-bond acceptors (Lipinski definition) is 5. The average molecular weight is 408 g/mol. The van der Waals surface area contributed by atoms with E-state index in [2.05, 4.69) is 27.6 Å². The lowest BCUT2D eigenvalue weighted by Gasteiger charge is -2.29. The van der Waals surface area contributed by atoms with Gasteiger partial charge in [0.25, 0.3) is 5.56 Å². The fraction of sp³-hybridized carbons (Fsp3) is 0.381. The number of urea groups is 1. The van der Waals surface area contributed by atoms with E-state index >= 15 is 0 Å².